The molecule has 1 aliphatic carbocycles. The Bertz CT molecular complexity index is 660. The number of carbonyl (C=O) groups excluding carboxylic acids is 2. The second-order valence-electron chi connectivity index (χ2n) is 6.35. The predicted octanol–water partition coefficient (Wildman–Crippen LogP) is 4.37. The van der Waals surface area contributed by atoms with E-state index in [9.17, 15) is 9.59 Å². The fraction of sp³-hybridized carbons (Fsp3) is 0.300. The maximum atomic E-state index is 12.1. The van der Waals surface area contributed by atoms with Gasteiger partial charge >= 0.3 is 12.1 Å². The molecule has 0 aromatic heterocycles. The van der Waals surface area contributed by atoms with Crippen molar-refractivity contribution < 1.29 is 14.3 Å². The van der Waals surface area contributed by atoms with Crippen molar-refractivity contribution in [1.82, 2.24) is 5.32 Å². The van der Waals surface area contributed by atoms with Crippen LogP contribution < -0.4 is 16.0 Å². The van der Waals surface area contributed by atoms with Crippen molar-refractivity contribution in [3.8, 4) is 0 Å². The van der Waals surface area contributed by atoms with E-state index in [0.29, 0.717) is 12.1 Å². The van der Waals surface area contributed by atoms with Gasteiger partial charge in [-0.05, 0) is 43.5 Å². The van der Waals surface area contributed by atoms with E-state index in [1.807, 2.05) is 48.5 Å². The summed E-state index contributed by atoms with van der Waals surface area (Å²) in [5.41, 5.74) is 1.45. The normalized spacial score (nSPS) is 19.2. The Hall–Kier alpha value is -3.02. The summed E-state index contributed by atoms with van der Waals surface area (Å²) in [6.07, 6.45) is 2.54. The zero-order valence-electron chi connectivity index (χ0n) is 14.5. The molecule has 0 heterocycles. The molecule has 1 saturated carbocycles. The summed E-state index contributed by atoms with van der Waals surface area (Å²) < 4.78 is 5.50. The summed E-state index contributed by atoms with van der Waals surface area (Å²) in [5.74, 6) is 0. The number of para-hydroxylation sites is 2. The van der Waals surface area contributed by atoms with E-state index in [4.69, 9.17) is 4.74 Å². The Morgan fingerprint density at radius 3 is 2.12 bits per heavy atom. The standard InChI is InChI=1S/C20H23N3O3/c24-19(21-15-8-3-1-4-9-15)22-17-12-7-13-18(14-17)26-20(25)23-16-10-5-2-6-11-16/h1-6,8-11,17-18H,7,12-14H2,(H,23,25)(H2,21,22,24)/t17-,18-/m1/s1. The van der Waals surface area contributed by atoms with E-state index in [0.717, 1.165) is 24.9 Å². The van der Waals surface area contributed by atoms with Gasteiger partial charge in [0.2, 0.25) is 0 Å². The molecule has 6 nitrogen and oxygen atoms in total. The third-order valence-electron chi connectivity index (χ3n) is 4.29. The van der Waals surface area contributed by atoms with E-state index in [1.54, 1.807) is 12.1 Å². The van der Waals surface area contributed by atoms with Crippen LogP contribution in [0.5, 0.6) is 0 Å². The average Bonchev–Trinajstić information content (AvgIpc) is 2.63. The molecule has 26 heavy (non-hydrogen) atoms. The molecular formula is C20H23N3O3. The van der Waals surface area contributed by atoms with Gasteiger partial charge in [-0.1, -0.05) is 36.4 Å². The van der Waals surface area contributed by atoms with E-state index in [2.05, 4.69) is 16.0 Å². The lowest BCUT2D eigenvalue weighted by Crippen LogP contribution is -2.43. The van der Waals surface area contributed by atoms with Crippen molar-refractivity contribution in [2.45, 2.75) is 37.8 Å². The van der Waals surface area contributed by atoms with Gasteiger partial charge in [-0.15, -0.1) is 0 Å². The SMILES string of the molecule is O=C(Nc1ccccc1)N[C@@H]1CCC[C@@H](OC(=O)Nc2ccccc2)C1. The first-order valence-electron chi connectivity index (χ1n) is 8.84. The van der Waals surface area contributed by atoms with Crippen LogP contribution in [0.15, 0.2) is 60.7 Å². The van der Waals surface area contributed by atoms with Crippen molar-refractivity contribution in [2.24, 2.45) is 0 Å². The van der Waals surface area contributed by atoms with Crippen LogP contribution in [-0.4, -0.2) is 24.3 Å². The van der Waals surface area contributed by atoms with Gasteiger partial charge in [0.15, 0.2) is 0 Å². The van der Waals surface area contributed by atoms with E-state index in [1.165, 1.54) is 0 Å². The molecule has 0 bridgehead atoms. The van der Waals surface area contributed by atoms with Crippen LogP contribution in [0.3, 0.4) is 0 Å². The second-order valence-corrected chi connectivity index (χ2v) is 6.35. The van der Waals surface area contributed by atoms with Crippen LogP contribution in [-0.2, 0) is 4.74 Å². The summed E-state index contributed by atoms with van der Waals surface area (Å²) in [4.78, 5) is 24.1. The molecule has 0 saturated heterocycles. The minimum absolute atomic E-state index is 0.0120. The molecular weight excluding hydrogens is 330 g/mol. The Kier molecular flexibility index (Phi) is 6.09. The van der Waals surface area contributed by atoms with Crippen LogP contribution >= 0.6 is 0 Å². The highest BCUT2D eigenvalue weighted by Crippen LogP contribution is 2.22. The largest absolute Gasteiger partial charge is 0.446 e. The van der Waals surface area contributed by atoms with Crippen LogP contribution in [0.25, 0.3) is 0 Å². The van der Waals surface area contributed by atoms with Crippen LogP contribution in [0, 0.1) is 0 Å². The molecule has 3 N–H and O–H groups in total. The zero-order chi connectivity index (χ0) is 18.2. The molecule has 1 fully saturated rings. The predicted molar refractivity (Wildman–Crippen MR) is 101 cm³/mol. The van der Waals surface area contributed by atoms with Crippen molar-refractivity contribution in [3.05, 3.63) is 60.7 Å². The van der Waals surface area contributed by atoms with Crippen molar-refractivity contribution in [1.29, 1.82) is 0 Å². The van der Waals surface area contributed by atoms with Gasteiger partial charge in [-0.25, -0.2) is 9.59 Å². The van der Waals surface area contributed by atoms with Crippen LogP contribution in [0.1, 0.15) is 25.7 Å². The number of benzene rings is 2. The second kappa shape index (κ2) is 8.89. The lowest BCUT2D eigenvalue weighted by Gasteiger charge is -2.29. The fourth-order valence-electron chi connectivity index (χ4n) is 3.08. The number of hydrogen-bond acceptors (Lipinski definition) is 3. The highest BCUT2D eigenvalue weighted by Gasteiger charge is 2.26. The Morgan fingerprint density at radius 1 is 0.846 bits per heavy atom. The lowest BCUT2D eigenvalue weighted by atomic mass is 9.93. The number of amides is 3. The summed E-state index contributed by atoms with van der Waals surface area (Å²) >= 11 is 0. The average molecular weight is 353 g/mol. The van der Waals surface area contributed by atoms with Crippen molar-refractivity contribution >= 4 is 23.5 Å². The topological polar surface area (TPSA) is 79.5 Å². The Balaban J connectivity index is 1.45. The van der Waals surface area contributed by atoms with Gasteiger partial charge in [0.25, 0.3) is 0 Å². The first kappa shape index (κ1) is 17.8. The molecule has 6 heteroatoms. The number of hydrogen-bond donors (Lipinski definition) is 3. The van der Waals surface area contributed by atoms with Gasteiger partial charge < -0.3 is 15.4 Å². The molecule has 0 spiro atoms. The molecule has 3 amide bonds. The van der Waals surface area contributed by atoms with Crippen molar-refractivity contribution in [3.63, 3.8) is 0 Å². The maximum Gasteiger partial charge on any atom is 0.411 e. The first-order valence-corrected chi connectivity index (χ1v) is 8.84. The maximum absolute atomic E-state index is 12.1. The summed E-state index contributed by atoms with van der Waals surface area (Å²) in [7, 11) is 0. The molecule has 0 aliphatic heterocycles. The van der Waals surface area contributed by atoms with Crippen molar-refractivity contribution in [2.75, 3.05) is 10.6 Å². The highest BCUT2D eigenvalue weighted by molar-refractivity contribution is 5.89. The van der Waals surface area contributed by atoms with Gasteiger partial charge in [-0.3, -0.25) is 5.32 Å². The highest BCUT2D eigenvalue weighted by atomic mass is 16.6. The Morgan fingerprint density at radius 2 is 1.46 bits per heavy atom. The molecule has 136 valence electrons. The molecule has 2 aromatic carbocycles. The third-order valence-corrected chi connectivity index (χ3v) is 4.29. The number of urea groups is 1. The number of nitrogens with one attached hydrogen (secondary N) is 3. The van der Waals surface area contributed by atoms with Gasteiger partial charge in [0.1, 0.15) is 6.10 Å². The van der Waals surface area contributed by atoms with E-state index >= 15 is 0 Å². The minimum Gasteiger partial charge on any atom is -0.446 e. The minimum atomic E-state index is -0.462. The Labute approximate surface area is 152 Å². The smallest absolute Gasteiger partial charge is 0.411 e. The number of ether oxygens (including phenoxy) is 1. The molecule has 3 rings (SSSR count). The number of carbonyl (C=O) groups is 2. The molecule has 1 aliphatic rings. The van der Waals surface area contributed by atoms with Gasteiger partial charge in [0.05, 0.1) is 0 Å². The summed E-state index contributed by atoms with van der Waals surface area (Å²) in [6.45, 7) is 0. The monoisotopic (exact) mass is 353 g/mol. The molecule has 2 aromatic rings. The summed E-state index contributed by atoms with van der Waals surface area (Å²) in [6, 6.07) is 18.2. The third kappa shape index (κ3) is 5.51. The quantitative estimate of drug-likeness (QED) is 0.764. The molecule has 0 radical (unpaired) electrons. The van der Waals surface area contributed by atoms with Crippen LogP contribution in [0.2, 0.25) is 0 Å². The first-order chi connectivity index (χ1) is 12.7. The number of anilines is 2. The molecule has 0 unspecified atom stereocenters. The van der Waals surface area contributed by atoms with Gasteiger partial charge in [0, 0.05) is 23.8 Å². The van der Waals surface area contributed by atoms with E-state index in [-0.39, 0.29) is 18.2 Å². The van der Waals surface area contributed by atoms with E-state index < -0.39 is 6.09 Å². The zero-order valence-corrected chi connectivity index (χ0v) is 14.5. The summed E-state index contributed by atoms with van der Waals surface area (Å²) in [5, 5.41) is 8.48. The fourth-order valence-corrected chi connectivity index (χ4v) is 3.08. The van der Waals surface area contributed by atoms with Crippen LogP contribution in [0.4, 0.5) is 21.0 Å². The molecule has 2 atom stereocenters. The lowest BCUT2D eigenvalue weighted by molar-refractivity contribution is 0.0779. The number of rotatable bonds is 4. The van der Waals surface area contributed by atoms with Gasteiger partial charge in [-0.2, -0.15) is 0 Å².